The van der Waals surface area contributed by atoms with Crippen LogP contribution in [0.5, 0.6) is 0 Å². The minimum absolute atomic E-state index is 0.591. The van der Waals surface area contributed by atoms with E-state index in [0.29, 0.717) is 5.82 Å². The maximum atomic E-state index is 6.66. The van der Waals surface area contributed by atoms with Gasteiger partial charge in [0.25, 0.3) is 0 Å². The molecule has 3 heterocycles. The average Bonchev–Trinajstić information content (AvgIpc) is 3.93. The quantitative estimate of drug-likeness (QED) is 0.161. The Morgan fingerprint density at radius 1 is 0.274 bits per heavy atom. The summed E-state index contributed by atoms with van der Waals surface area (Å²) in [6.07, 6.45) is 0. The van der Waals surface area contributed by atoms with Crippen LogP contribution in [-0.2, 0) is 0 Å². The van der Waals surface area contributed by atoms with E-state index in [4.69, 9.17) is 18.8 Å². The van der Waals surface area contributed by atoms with Crippen molar-refractivity contribution in [3.63, 3.8) is 0 Å². The van der Waals surface area contributed by atoms with Gasteiger partial charge in [-0.2, -0.15) is 0 Å². The lowest BCUT2D eigenvalue weighted by Gasteiger charge is -2.20. The number of hydrogen-bond donors (Lipinski definition) is 0. The van der Waals surface area contributed by atoms with Gasteiger partial charge in [-0.25, -0.2) is 9.97 Å². The predicted molar refractivity (Wildman–Crippen MR) is 255 cm³/mol. The Labute approximate surface area is 358 Å². The van der Waals surface area contributed by atoms with Gasteiger partial charge in [0.1, 0.15) is 22.3 Å². The minimum atomic E-state index is 0.591. The first-order chi connectivity index (χ1) is 30.7. The Morgan fingerprint density at radius 2 is 0.710 bits per heavy atom. The lowest BCUT2D eigenvalue weighted by Crippen LogP contribution is -2.00. The molecule has 4 nitrogen and oxygen atoms in total. The van der Waals surface area contributed by atoms with Gasteiger partial charge in [0.2, 0.25) is 0 Å². The number of aromatic nitrogens is 2. The van der Waals surface area contributed by atoms with Gasteiger partial charge in [0.15, 0.2) is 5.82 Å². The number of furan rings is 2. The second-order valence-corrected chi connectivity index (χ2v) is 15.6. The van der Waals surface area contributed by atoms with Crippen LogP contribution >= 0.6 is 0 Å². The van der Waals surface area contributed by atoms with E-state index in [0.717, 1.165) is 116 Å². The summed E-state index contributed by atoms with van der Waals surface area (Å²) in [6.45, 7) is 0. The smallest absolute Gasteiger partial charge is 0.161 e. The molecule has 12 aromatic rings. The zero-order valence-corrected chi connectivity index (χ0v) is 33.5. The highest BCUT2D eigenvalue weighted by Gasteiger charge is 2.23. The van der Waals surface area contributed by atoms with Crippen molar-refractivity contribution < 1.29 is 8.83 Å². The van der Waals surface area contributed by atoms with Crippen molar-refractivity contribution in [2.45, 2.75) is 0 Å². The molecule has 0 saturated carbocycles. The summed E-state index contributed by atoms with van der Waals surface area (Å²) < 4.78 is 13.3. The second-order valence-electron chi connectivity index (χ2n) is 15.6. The molecule has 0 radical (unpaired) electrons. The molecule has 0 spiro atoms. The zero-order chi connectivity index (χ0) is 41.0. The van der Waals surface area contributed by atoms with Crippen molar-refractivity contribution in [1.82, 2.24) is 9.97 Å². The fraction of sp³-hybridized carbons (Fsp3) is 0. The third kappa shape index (κ3) is 6.08. The van der Waals surface area contributed by atoms with Crippen molar-refractivity contribution in [2.24, 2.45) is 0 Å². The molecule has 0 aliphatic rings. The first-order valence-electron chi connectivity index (χ1n) is 20.9. The first-order valence-corrected chi connectivity index (χ1v) is 20.9. The number of hydrogen-bond acceptors (Lipinski definition) is 4. The van der Waals surface area contributed by atoms with Crippen LogP contribution in [0.25, 0.3) is 122 Å². The van der Waals surface area contributed by atoms with Crippen molar-refractivity contribution in [3.8, 4) is 78.4 Å². The van der Waals surface area contributed by atoms with Crippen molar-refractivity contribution in [1.29, 1.82) is 0 Å². The van der Waals surface area contributed by atoms with Gasteiger partial charge in [-0.3, -0.25) is 0 Å². The highest BCUT2D eigenvalue weighted by molar-refractivity contribution is 6.11. The molecule has 62 heavy (non-hydrogen) atoms. The molecule has 0 aliphatic heterocycles. The summed E-state index contributed by atoms with van der Waals surface area (Å²) in [4.78, 5) is 11.2. The van der Waals surface area contributed by atoms with Gasteiger partial charge in [0, 0.05) is 43.8 Å². The van der Waals surface area contributed by atoms with Gasteiger partial charge in [-0.1, -0.05) is 170 Å². The fourth-order valence-electron chi connectivity index (χ4n) is 9.00. The van der Waals surface area contributed by atoms with E-state index in [-0.39, 0.29) is 0 Å². The van der Waals surface area contributed by atoms with Crippen LogP contribution in [0, 0.1) is 0 Å². The lowest BCUT2D eigenvalue weighted by atomic mass is 9.86. The maximum absolute atomic E-state index is 6.66. The van der Waals surface area contributed by atoms with Crippen LogP contribution in [0.4, 0.5) is 0 Å². The Bertz CT molecular complexity index is 3490. The highest BCUT2D eigenvalue weighted by atomic mass is 16.3. The molecular formula is C58H36N2O2. The van der Waals surface area contributed by atoms with Gasteiger partial charge in [-0.15, -0.1) is 0 Å². The topological polar surface area (TPSA) is 52.1 Å². The molecule has 4 heteroatoms. The highest BCUT2D eigenvalue weighted by Crippen LogP contribution is 2.46. The summed E-state index contributed by atoms with van der Waals surface area (Å²) in [5.74, 6) is 0.591. The Balaban J connectivity index is 1.20. The molecule has 0 amide bonds. The number of benzene rings is 9. The molecule has 0 unspecified atom stereocenters. The molecule has 290 valence electrons. The Morgan fingerprint density at radius 3 is 1.29 bits per heavy atom. The molecule has 3 aromatic heterocycles. The number of rotatable bonds is 7. The van der Waals surface area contributed by atoms with Crippen molar-refractivity contribution in [2.75, 3.05) is 0 Å². The summed E-state index contributed by atoms with van der Waals surface area (Å²) in [7, 11) is 0. The third-order valence-electron chi connectivity index (χ3n) is 11.9. The molecule has 9 aromatic carbocycles. The normalized spacial score (nSPS) is 11.5. The minimum Gasteiger partial charge on any atom is -0.455 e. The van der Waals surface area contributed by atoms with Crippen LogP contribution in [0.1, 0.15) is 0 Å². The third-order valence-corrected chi connectivity index (χ3v) is 11.9. The number of fused-ring (bicyclic) bond motifs is 6. The van der Waals surface area contributed by atoms with Crippen molar-refractivity contribution in [3.05, 3.63) is 218 Å². The largest absolute Gasteiger partial charge is 0.455 e. The fourth-order valence-corrected chi connectivity index (χ4v) is 9.00. The Kier molecular flexibility index (Phi) is 8.46. The summed E-state index contributed by atoms with van der Waals surface area (Å²) in [6, 6.07) is 76.2. The van der Waals surface area contributed by atoms with E-state index in [9.17, 15) is 0 Å². The van der Waals surface area contributed by atoms with E-state index >= 15 is 0 Å². The van der Waals surface area contributed by atoms with Crippen LogP contribution in [0.3, 0.4) is 0 Å². The Hall–Kier alpha value is -8.34. The SMILES string of the molecule is c1ccc(-c2cccc(-c3c(-c4ccccc4)cc(-c4ccccc4)cc3-c3nc(-c4cccc5c4oc4ccccc45)cc(-c4cccc5c4oc4ccccc45)n3)c2)cc1. The predicted octanol–water partition coefficient (Wildman–Crippen LogP) is 15.9. The van der Waals surface area contributed by atoms with E-state index in [2.05, 4.69) is 194 Å². The van der Waals surface area contributed by atoms with E-state index in [1.807, 2.05) is 24.3 Å². The average molecular weight is 793 g/mol. The van der Waals surface area contributed by atoms with Crippen LogP contribution in [-0.4, -0.2) is 9.97 Å². The molecule has 0 bridgehead atoms. The summed E-state index contributed by atoms with van der Waals surface area (Å²) in [5, 5.41) is 4.20. The van der Waals surface area contributed by atoms with Gasteiger partial charge in [0.05, 0.1) is 11.4 Å². The molecule has 0 atom stereocenters. The first kappa shape index (κ1) is 35.6. The monoisotopic (exact) mass is 792 g/mol. The number of para-hydroxylation sites is 4. The number of nitrogens with zero attached hydrogens (tertiary/aromatic N) is 2. The standard InChI is InChI=1S/C58H36N2O2/c1-4-17-37(18-5-1)40-23-14-24-41(33-40)55-49(39-21-8-3-9-22-39)34-42(38-19-6-2-7-20-38)35-50(55)58-59-51(47-29-15-27-45-43-25-10-12-31-53(43)61-56(45)47)36-52(60-58)48-30-16-28-46-44-26-11-13-32-54(44)62-57(46)48/h1-36H. The van der Waals surface area contributed by atoms with E-state index in [1.165, 1.54) is 0 Å². The van der Waals surface area contributed by atoms with E-state index in [1.54, 1.807) is 0 Å². The second kappa shape index (κ2) is 14.7. The van der Waals surface area contributed by atoms with Gasteiger partial charge in [-0.05, 0) is 87.5 Å². The molecule has 0 N–H and O–H groups in total. The van der Waals surface area contributed by atoms with E-state index < -0.39 is 0 Å². The van der Waals surface area contributed by atoms with Crippen LogP contribution < -0.4 is 0 Å². The zero-order valence-electron chi connectivity index (χ0n) is 33.5. The molecule has 0 fully saturated rings. The van der Waals surface area contributed by atoms with Gasteiger partial charge >= 0.3 is 0 Å². The van der Waals surface area contributed by atoms with Gasteiger partial charge < -0.3 is 8.83 Å². The summed E-state index contributed by atoms with van der Waals surface area (Å²) in [5.41, 5.74) is 16.1. The lowest BCUT2D eigenvalue weighted by molar-refractivity contribution is 0.669. The van der Waals surface area contributed by atoms with Crippen LogP contribution in [0.2, 0.25) is 0 Å². The van der Waals surface area contributed by atoms with Crippen LogP contribution in [0.15, 0.2) is 227 Å². The molecule has 0 saturated heterocycles. The molecule has 12 rings (SSSR count). The summed E-state index contributed by atoms with van der Waals surface area (Å²) >= 11 is 0. The molecular weight excluding hydrogens is 757 g/mol. The van der Waals surface area contributed by atoms with Crippen molar-refractivity contribution >= 4 is 43.9 Å². The maximum Gasteiger partial charge on any atom is 0.161 e. The molecule has 0 aliphatic carbocycles.